The number of ether oxygens (including phenoxy) is 2. The molecule has 1 aromatic heterocycles. The minimum atomic E-state index is 0.393. The van der Waals surface area contributed by atoms with Crippen LogP contribution in [-0.4, -0.2) is 22.7 Å². The van der Waals surface area contributed by atoms with Crippen molar-refractivity contribution in [1.82, 2.24) is 9.97 Å². The third-order valence-electron chi connectivity index (χ3n) is 3.21. The lowest BCUT2D eigenvalue weighted by molar-refractivity contribution is 0.128. The van der Waals surface area contributed by atoms with Crippen molar-refractivity contribution in [2.45, 2.75) is 32.5 Å². The second-order valence-electron chi connectivity index (χ2n) is 5.06. The third-order valence-corrected chi connectivity index (χ3v) is 3.42. The predicted molar refractivity (Wildman–Crippen MR) is 83.8 cm³/mol. The van der Waals surface area contributed by atoms with E-state index in [0.717, 1.165) is 35.7 Å². The van der Waals surface area contributed by atoms with Crippen LogP contribution in [0.3, 0.4) is 0 Å². The number of nitrogens with one attached hydrogen (secondary N) is 1. The molecule has 1 aliphatic rings. The lowest BCUT2D eigenvalue weighted by Gasteiger charge is -2.09. The van der Waals surface area contributed by atoms with Crippen LogP contribution in [0.2, 0.25) is 0 Å². The molecule has 0 amide bonds. The van der Waals surface area contributed by atoms with Crippen LogP contribution in [-0.2, 0) is 11.3 Å². The molecular formula is C16H18N2O2S. The lowest BCUT2D eigenvalue weighted by Crippen LogP contribution is -2.01. The highest BCUT2D eigenvalue weighted by molar-refractivity contribution is 7.71. The molecule has 5 heteroatoms. The van der Waals surface area contributed by atoms with E-state index in [-0.39, 0.29) is 0 Å². The summed E-state index contributed by atoms with van der Waals surface area (Å²) < 4.78 is 11.8. The number of rotatable bonds is 6. The molecule has 1 aromatic carbocycles. The SMILES string of the molecule is CCOCc1nc(=S)cc(-c2cccc(OC3CC3)c2)[nH]1. The number of benzene rings is 1. The minimum Gasteiger partial charge on any atom is -0.490 e. The molecule has 0 bridgehead atoms. The molecule has 1 N–H and O–H groups in total. The highest BCUT2D eigenvalue weighted by Crippen LogP contribution is 2.29. The van der Waals surface area contributed by atoms with Crippen LogP contribution in [0.25, 0.3) is 11.3 Å². The van der Waals surface area contributed by atoms with Crippen molar-refractivity contribution in [3.8, 4) is 17.0 Å². The van der Waals surface area contributed by atoms with Gasteiger partial charge in [-0.15, -0.1) is 0 Å². The zero-order valence-electron chi connectivity index (χ0n) is 12.0. The van der Waals surface area contributed by atoms with Gasteiger partial charge in [-0.2, -0.15) is 0 Å². The van der Waals surface area contributed by atoms with Gasteiger partial charge in [0.2, 0.25) is 0 Å². The first kappa shape index (κ1) is 14.2. The molecule has 3 rings (SSSR count). The molecule has 0 spiro atoms. The quantitative estimate of drug-likeness (QED) is 0.823. The van der Waals surface area contributed by atoms with Crippen molar-refractivity contribution in [2.75, 3.05) is 6.61 Å². The normalized spacial score (nSPS) is 14.1. The molecule has 1 fully saturated rings. The molecule has 1 heterocycles. The molecule has 1 saturated carbocycles. The van der Waals surface area contributed by atoms with E-state index in [9.17, 15) is 0 Å². The maximum atomic E-state index is 5.83. The Labute approximate surface area is 129 Å². The second-order valence-corrected chi connectivity index (χ2v) is 5.48. The fourth-order valence-electron chi connectivity index (χ4n) is 2.05. The monoisotopic (exact) mass is 302 g/mol. The minimum absolute atomic E-state index is 0.393. The summed E-state index contributed by atoms with van der Waals surface area (Å²) in [6.45, 7) is 3.04. The van der Waals surface area contributed by atoms with Gasteiger partial charge in [-0.3, -0.25) is 0 Å². The van der Waals surface area contributed by atoms with E-state index in [0.29, 0.717) is 24.0 Å². The van der Waals surface area contributed by atoms with Crippen LogP contribution in [0.4, 0.5) is 0 Å². The van der Waals surface area contributed by atoms with Crippen LogP contribution < -0.4 is 4.74 Å². The number of aromatic nitrogens is 2. The average Bonchev–Trinajstić information content (AvgIpc) is 3.29. The number of H-pyrrole nitrogens is 1. The van der Waals surface area contributed by atoms with Crippen LogP contribution in [0.5, 0.6) is 5.75 Å². The maximum absolute atomic E-state index is 5.83. The highest BCUT2D eigenvalue weighted by atomic mass is 32.1. The Hall–Kier alpha value is -1.72. The molecule has 0 saturated heterocycles. The van der Waals surface area contributed by atoms with Crippen molar-refractivity contribution in [3.05, 3.63) is 40.8 Å². The van der Waals surface area contributed by atoms with Gasteiger partial charge in [0.25, 0.3) is 0 Å². The van der Waals surface area contributed by atoms with Crippen molar-refractivity contribution in [2.24, 2.45) is 0 Å². The zero-order valence-corrected chi connectivity index (χ0v) is 12.8. The zero-order chi connectivity index (χ0) is 14.7. The number of aromatic amines is 1. The van der Waals surface area contributed by atoms with Gasteiger partial charge in [0, 0.05) is 17.9 Å². The van der Waals surface area contributed by atoms with Crippen molar-refractivity contribution < 1.29 is 9.47 Å². The Balaban J connectivity index is 1.87. The number of nitrogens with zero attached hydrogens (tertiary/aromatic N) is 1. The number of hydrogen-bond donors (Lipinski definition) is 1. The highest BCUT2D eigenvalue weighted by Gasteiger charge is 2.23. The Bertz CT molecular complexity index is 680. The summed E-state index contributed by atoms with van der Waals surface area (Å²) in [5.41, 5.74) is 1.98. The Morgan fingerprint density at radius 1 is 1.33 bits per heavy atom. The van der Waals surface area contributed by atoms with Gasteiger partial charge in [-0.1, -0.05) is 24.4 Å². The van der Waals surface area contributed by atoms with Gasteiger partial charge in [0.05, 0.1) is 6.10 Å². The van der Waals surface area contributed by atoms with Crippen LogP contribution >= 0.6 is 12.2 Å². The largest absolute Gasteiger partial charge is 0.490 e. The maximum Gasteiger partial charge on any atom is 0.134 e. The Morgan fingerprint density at radius 3 is 2.95 bits per heavy atom. The average molecular weight is 302 g/mol. The molecule has 0 unspecified atom stereocenters. The van der Waals surface area contributed by atoms with E-state index in [4.69, 9.17) is 21.7 Å². The Morgan fingerprint density at radius 2 is 2.19 bits per heavy atom. The van der Waals surface area contributed by atoms with Crippen molar-refractivity contribution in [3.63, 3.8) is 0 Å². The first-order chi connectivity index (χ1) is 10.2. The van der Waals surface area contributed by atoms with Crippen molar-refractivity contribution >= 4 is 12.2 Å². The molecule has 0 aliphatic heterocycles. The first-order valence-electron chi connectivity index (χ1n) is 7.19. The van der Waals surface area contributed by atoms with E-state index >= 15 is 0 Å². The summed E-state index contributed by atoms with van der Waals surface area (Å²) in [7, 11) is 0. The van der Waals surface area contributed by atoms with E-state index in [1.807, 2.05) is 37.3 Å². The van der Waals surface area contributed by atoms with Gasteiger partial charge in [-0.25, -0.2) is 4.98 Å². The van der Waals surface area contributed by atoms with E-state index in [1.54, 1.807) is 0 Å². The molecule has 1 aliphatic carbocycles. The van der Waals surface area contributed by atoms with Gasteiger partial charge < -0.3 is 14.5 Å². The predicted octanol–water partition coefficient (Wildman–Crippen LogP) is 3.88. The molecule has 0 atom stereocenters. The van der Waals surface area contributed by atoms with Gasteiger partial charge in [-0.05, 0) is 38.0 Å². The third kappa shape index (κ3) is 3.89. The van der Waals surface area contributed by atoms with Crippen molar-refractivity contribution in [1.29, 1.82) is 0 Å². The molecule has 21 heavy (non-hydrogen) atoms. The second kappa shape index (κ2) is 6.37. The molecule has 4 nitrogen and oxygen atoms in total. The summed E-state index contributed by atoms with van der Waals surface area (Å²) in [5, 5.41) is 0. The van der Waals surface area contributed by atoms with Crippen LogP contribution in [0, 0.1) is 4.64 Å². The molecular weight excluding hydrogens is 284 g/mol. The molecule has 0 radical (unpaired) electrons. The lowest BCUT2D eigenvalue weighted by atomic mass is 10.1. The van der Waals surface area contributed by atoms with Gasteiger partial charge >= 0.3 is 0 Å². The Kier molecular flexibility index (Phi) is 4.31. The summed E-state index contributed by atoms with van der Waals surface area (Å²) in [5.74, 6) is 1.64. The van der Waals surface area contributed by atoms with Gasteiger partial charge in [0.1, 0.15) is 22.8 Å². The molecule has 2 aromatic rings. The summed E-state index contributed by atoms with van der Waals surface area (Å²) in [4.78, 5) is 7.55. The first-order valence-corrected chi connectivity index (χ1v) is 7.60. The fraction of sp³-hybridized carbons (Fsp3) is 0.375. The fourth-order valence-corrected chi connectivity index (χ4v) is 2.27. The van der Waals surface area contributed by atoms with Crippen LogP contribution in [0.1, 0.15) is 25.6 Å². The summed E-state index contributed by atoms with van der Waals surface area (Å²) in [6, 6.07) is 9.90. The number of hydrogen-bond acceptors (Lipinski definition) is 4. The smallest absolute Gasteiger partial charge is 0.134 e. The summed E-state index contributed by atoms with van der Waals surface area (Å²) in [6.07, 6.45) is 2.70. The van der Waals surface area contributed by atoms with Gasteiger partial charge in [0.15, 0.2) is 0 Å². The topological polar surface area (TPSA) is 47.1 Å². The summed E-state index contributed by atoms with van der Waals surface area (Å²) >= 11 is 5.23. The van der Waals surface area contributed by atoms with E-state index in [1.165, 1.54) is 0 Å². The van der Waals surface area contributed by atoms with Crippen LogP contribution in [0.15, 0.2) is 30.3 Å². The van der Waals surface area contributed by atoms with E-state index < -0.39 is 0 Å². The molecule has 110 valence electrons. The van der Waals surface area contributed by atoms with E-state index in [2.05, 4.69) is 9.97 Å². The standard InChI is InChI=1S/C16H18N2O2S/c1-2-19-10-15-17-14(9-16(21)18-15)11-4-3-5-13(8-11)20-12-6-7-12/h3-5,8-9,12H,2,6-7,10H2,1H3,(H,17,18,21).